The van der Waals surface area contributed by atoms with Gasteiger partial charge < -0.3 is 10.1 Å². The van der Waals surface area contributed by atoms with E-state index in [1.54, 1.807) is 0 Å². The van der Waals surface area contributed by atoms with Gasteiger partial charge >= 0.3 is 0 Å². The third-order valence-electron chi connectivity index (χ3n) is 3.64. The summed E-state index contributed by atoms with van der Waals surface area (Å²) >= 11 is 0. The summed E-state index contributed by atoms with van der Waals surface area (Å²) in [6.07, 6.45) is 0.282. The quantitative estimate of drug-likeness (QED) is 0.843. The van der Waals surface area contributed by atoms with E-state index in [0.717, 1.165) is 6.42 Å². The van der Waals surface area contributed by atoms with E-state index in [0.29, 0.717) is 13.2 Å². The predicted molar refractivity (Wildman–Crippen MR) is 70.9 cm³/mol. The van der Waals surface area contributed by atoms with E-state index in [4.69, 9.17) is 4.74 Å². The van der Waals surface area contributed by atoms with Crippen molar-refractivity contribution >= 4 is 0 Å². The zero-order chi connectivity index (χ0) is 14.0. The topological polar surface area (TPSA) is 21.3 Å². The zero-order valence-corrected chi connectivity index (χ0v) is 11.7. The second-order valence-electron chi connectivity index (χ2n) is 6.11. The SMILES string of the molecule is CC(C)(C)C1CCOC(c2c(F)cccc2F)CN1. The number of rotatable bonds is 1. The minimum Gasteiger partial charge on any atom is -0.372 e. The standard InChI is InChI=1S/C15H21F2NO/c1-15(2,3)13-7-8-19-12(9-18-13)14-10(16)5-4-6-11(14)17/h4-6,12-13,18H,7-9H2,1-3H3. The van der Waals surface area contributed by atoms with Crippen molar-refractivity contribution in [3.63, 3.8) is 0 Å². The molecule has 1 aromatic carbocycles. The molecule has 0 spiro atoms. The molecule has 1 saturated heterocycles. The number of nitrogens with one attached hydrogen (secondary N) is 1. The number of halogens is 2. The summed E-state index contributed by atoms with van der Waals surface area (Å²) in [5.41, 5.74) is 0.135. The van der Waals surface area contributed by atoms with Gasteiger partial charge in [-0.2, -0.15) is 0 Å². The molecule has 0 bridgehead atoms. The first-order valence-electron chi connectivity index (χ1n) is 6.68. The van der Waals surface area contributed by atoms with Crippen molar-refractivity contribution in [2.24, 2.45) is 5.41 Å². The van der Waals surface area contributed by atoms with Crippen LogP contribution in [0.15, 0.2) is 18.2 Å². The summed E-state index contributed by atoms with van der Waals surface area (Å²) in [6.45, 7) is 7.38. The molecule has 1 fully saturated rings. The van der Waals surface area contributed by atoms with Gasteiger partial charge in [0.1, 0.15) is 17.7 Å². The van der Waals surface area contributed by atoms with Gasteiger partial charge in [-0.1, -0.05) is 26.8 Å². The first kappa shape index (κ1) is 14.4. The van der Waals surface area contributed by atoms with Gasteiger partial charge in [0, 0.05) is 19.2 Å². The molecule has 1 aromatic rings. The van der Waals surface area contributed by atoms with Crippen LogP contribution in [0, 0.1) is 17.0 Å². The summed E-state index contributed by atoms with van der Waals surface area (Å²) in [5.74, 6) is -1.08. The molecule has 1 aliphatic heterocycles. The molecule has 4 heteroatoms. The average molecular weight is 269 g/mol. The van der Waals surface area contributed by atoms with Crippen molar-refractivity contribution in [2.75, 3.05) is 13.2 Å². The third kappa shape index (κ3) is 3.31. The molecule has 0 saturated carbocycles. The lowest BCUT2D eigenvalue weighted by atomic mass is 9.85. The first-order chi connectivity index (χ1) is 8.89. The molecule has 2 atom stereocenters. The van der Waals surface area contributed by atoms with Crippen molar-refractivity contribution in [1.82, 2.24) is 5.32 Å². The Labute approximate surface area is 113 Å². The highest BCUT2D eigenvalue weighted by Crippen LogP contribution is 2.29. The van der Waals surface area contributed by atoms with E-state index in [1.807, 2.05) is 0 Å². The highest BCUT2D eigenvalue weighted by molar-refractivity contribution is 5.22. The van der Waals surface area contributed by atoms with Gasteiger partial charge in [0.05, 0.1) is 5.56 Å². The Kier molecular flexibility index (Phi) is 4.21. The maximum absolute atomic E-state index is 13.8. The molecule has 106 valence electrons. The lowest BCUT2D eigenvalue weighted by Crippen LogP contribution is -2.40. The fraction of sp³-hybridized carbons (Fsp3) is 0.600. The van der Waals surface area contributed by atoms with Crippen LogP contribution >= 0.6 is 0 Å². The number of ether oxygens (including phenoxy) is 1. The average Bonchev–Trinajstić information content (AvgIpc) is 2.54. The fourth-order valence-corrected chi connectivity index (χ4v) is 2.48. The normalized spacial score (nSPS) is 25.1. The Bertz CT molecular complexity index is 422. The Morgan fingerprint density at radius 2 is 1.84 bits per heavy atom. The van der Waals surface area contributed by atoms with Crippen LogP contribution in [-0.2, 0) is 4.74 Å². The number of hydrogen-bond donors (Lipinski definition) is 1. The smallest absolute Gasteiger partial charge is 0.132 e. The molecule has 1 aliphatic rings. The molecule has 2 unspecified atom stereocenters. The molecule has 0 aliphatic carbocycles. The Morgan fingerprint density at radius 3 is 2.42 bits per heavy atom. The predicted octanol–water partition coefficient (Wildman–Crippen LogP) is 3.43. The van der Waals surface area contributed by atoms with Crippen molar-refractivity contribution in [2.45, 2.75) is 39.3 Å². The van der Waals surface area contributed by atoms with Gasteiger partial charge in [-0.25, -0.2) is 8.78 Å². The van der Waals surface area contributed by atoms with E-state index in [9.17, 15) is 8.78 Å². The number of benzene rings is 1. The molecule has 1 heterocycles. The second-order valence-corrected chi connectivity index (χ2v) is 6.11. The maximum atomic E-state index is 13.8. The monoisotopic (exact) mass is 269 g/mol. The molecule has 2 nitrogen and oxygen atoms in total. The van der Waals surface area contributed by atoms with Crippen LogP contribution in [0.2, 0.25) is 0 Å². The van der Waals surface area contributed by atoms with Crippen molar-refractivity contribution in [3.8, 4) is 0 Å². The van der Waals surface area contributed by atoms with Gasteiger partial charge in [0.15, 0.2) is 0 Å². The summed E-state index contributed by atoms with van der Waals surface area (Å²) in [5, 5.41) is 3.37. The molecule has 0 aromatic heterocycles. The summed E-state index contributed by atoms with van der Waals surface area (Å²) in [4.78, 5) is 0. The lowest BCUT2D eigenvalue weighted by molar-refractivity contribution is 0.0603. The van der Waals surface area contributed by atoms with E-state index in [-0.39, 0.29) is 17.0 Å². The van der Waals surface area contributed by atoms with Crippen LogP contribution in [0.25, 0.3) is 0 Å². The summed E-state index contributed by atoms with van der Waals surface area (Å²) in [7, 11) is 0. The Morgan fingerprint density at radius 1 is 1.21 bits per heavy atom. The van der Waals surface area contributed by atoms with Crippen LogP contribution in [0.4, 0.5) is 8.78 Å². The molecular weight excluding hydrogens is 248 g/mol. The first-order valence-corrected chi connectivity index (χ1v) is 6.68. The largest absolute Gasteiger partial charge is 0.372 e. The summed E-state index contributed by atoms with van der Waals surface area (Å²) in [6, 6.07) is 4.20. The van der Waals surface area contributed by atoms with Crippen molar-refractivity contribution in [3.05, 3.63) is 35.4 Å². The van der Waals surface area contributed by atoms with E-state index in [2.05, 4.69) is 26.1 Å². The fourth-order valence-electron chi connectivity index (χ4n) is 2.48. The second kappa shape index (κ2) is 5.55. The van der Waals surface area contributed by atoms with E-state index in [1.165, 1.54) is 18.2 Å². The van der Waals surface area contributed by atoms with Crippen molar-refractivity contribution < 1.29 is 13.5 Å². The highest BCUT2D eigenvalue weighted by Gasteiger charge is 2.30. The van der Waals surface area contributed by atoms with Crippen LogP contribution < -0.4 is 5.32 Å². The maximum Gasteiger partial charge on any atom is 0.132 e. The van der Waals surface area contributed by atoms with Crippen LogP contribution in [0.3, 0.4) is 0 Å². The lowest BCUT2D eigenvalue weighted by Gasteiger charge is -2.30. The van der Waals surface area contributed by atoms with Gasteiger partial charge in [-0.15, -0.1) is 0 Å². The number of hydrogen-bond acceptors (Lipinski definition) is 2. The minimum atomic E-state index is -0.562. The zero-order valence-electron chi connectivity index (χ0n) is 11.7. The van der Waals surface area contributed by atoms with Crippen LogP contribution in [0.1, 0.15) is 38.9 Å². The van der Waals surface area contributed by atoms with Gasteiger partial charge in [-0.3, -0.25) is 0 Å². The third-order valence-corrected chi connectivity index (χ3v) is 3.64. The highest BCUT2D eigenvalue weighted by atomic mass is 19.1. The van der Waals surface area contributed by atoms with Crippen LogP contribution in [0.5, 0.6) is 0 Å². The van der Waals surface area contributed by atoms with E-state index < -0.39 is 17.7 Å². The van der Waals surface area contributed by atoms with Gasteiger partial charge in [0.2, 0.25) is 0 Å². The molecule has 1 N–H and O–H groups in total. The van der Waals surface area contributed by atoms with E-state index >= 15 is 0 Å². The van der Waals surface area contributed by atoms with Gasteiger partial charge in [-0.05, 0) is 24.0 Å². The molecule has 0 radical (unpaired) electrons. The van der Waals surface area contributed by atoms with Crippen molar-refractivity contribution in [1.29, 1.82) is 0 Å². The minimum absolute atomic E-state index is 0.0320. The Balaban J connectivity index is 2.16. The molecular formula is C15H21F2NO. The van der Waals surface area contributed by atoms with Gasteiger partial charge in [0.25, 0.3) is 0 Å². The molecule has 0 amide bonds. The van der Waals surface area contributed by atoms with Crippen LogP contribution in [-0.4, -0.2) is 19.2 Å². The summed E-state index contributed by atoms with van der Waals surface area (Å²) < 4.78 is 33.1. The molecule has 2 rings (SSSR count). The molecule has 19 heavy (non-hydrogen) atoms. The Hall–Kier alpha value is -1.00.